The molecule has 0 radical (unpaired) electrons. The van der Waals surface area contributed by atoms with Crippen molar-refractivity contribution in [1.29, 1.82) is 0 Å². The van der Waals surface area contributed by atoms with Crippen molar-refractivity contribution in [3.05, 3.63) is 88.4 Å². The highest BCUT2D eigenvalue weighted by Gasteiger charge is 2.30. The predicted octanol–water partition coefficient (Wildman–Crippen LogP) is 3.05. The van der Waals surface area contributed by atoms with Crippen LogP contribution in [-0.4, -0.2) is 29.8 Å². The molecule has 0 aliphatic carbocycles. The fraction of sp³-hybridized carbons (Fsp3) is 0.182. The number of hydrogen-bond donors (Lipinski definition) is 2. The standard InChI is InChI=1S/C22H20N4O5/c27-21(22(28)24-16-7-2-4-9-18(16)26(29)30)23-14-19(20-10-5-13-31-20)25-12-11-15-6-1-3-8-17(15)25/h1-10,13,19H,11-12,14H2,(H,23,27)(H,24,28). The Balaban J connectivity index is 1.46. The van der Waals surface area contributed by atoms with Gasteiger partial charge in [0.2, 0.25) is 0 Å². The smallest absolute Gasteiger partial charge is 0.313 e. The van der Waals surface area contributed by atoms with E-state index >= 15 is 0 Å². The summed E-state index contributed by atoms with van der Waals surface area (Å²) in [5, 5.41) is 16.0. The molecule has 1 aliphatic heterocycles. The molecule has 0 saturated heterocycles. The van der Waals surface area contributed by atoms with E-state index in [4.69, 9.17) is 4.42 Å². The van der Waals surface area contributed by atoms with Gasteiger partial charge in [-0.3, -0.25) is 19.7 Å². The van der Waals surface area contributed by atoms with Gasteiger partial charge in [-0.25, -0.2) is 0 Å². The predicted molar refractivity (Wildman–Crippen MR) is 114 cm³/mol. The lowest BCUT2D eigenvalue weighted by atomic mass is 10.1. The summed E-state index contributed by atoms with van der Waals surface area (Å²) in [6.45, 7) is 0.883. The molecule has 0 spiro atoms. The molecule has 2 heterocycles. The van der Waals surface area contributed by atoms with E-state index in [1.165, 1.54) is 29.8 Å². The van der Waals surface area contributed by atoms with E-state index in [1.54, 1.807) is 12.3 Å². The van der Waals surface area contributed by atoms with Crippen molar-refractivity contribution in [3.8, 4) is 0 Å². The van der Waals surface area contributed by atoms with Crippen LogP contribution in [0.5, 0.6) is 0 Å². The maximum atomic E-state index is 12.4. The van der Waals surface area contributed by atoms with Crippen LogP contribution in [0.15, 0.2) is 71.3 Å². The quantitative estimate of drug-likeness (QED) is 0.360. The topological polar surface area (TPSA) is 118 Å². The average molecular weight is 420 g/mol. The van der Waals surface area contributed by atoms with Gasteiger partial charge in [-0.05, 0) is 36.2 Å². The van der Waals surface area contributed by atoms with E-state index in [9.17, 15) is 19.7 Å². The van der Waals surface area contributed by atoms with Crippen LogP contribution in [0.3, 0.4) is 0 Å². The Hall–Kier alpha value is -4.14. The van der Waals surface area contributed by atoms with Gasteiger partial charge in [-0.1, -0.05) is 30.3 Å². The van der Waals surface area contributed by atoms with Crippen molar-refractivity contribution < 1.29 is 18.9 Å². The number of nitrogens with zero attached hydrogens (tertiary/aromatic N) is 2. The Morgan fingerprint density at radius 3 is 2.61 bits per heavy atom. The summed E-state index contributed by atoms with van der Waals surface area (Å²) in [4.78, 5) is 37.4. The summed E-state index contributed by atoms with van der Waals surface area (Å²) in [6, 6.07) is 17.0. The van der Waals surface area contributed by atoms with E-state index in [2.05, 4.69) is 21.6 Å². The minimum absolute atomic E-state index is 0.0382. The molecule has 1 unspecified atom stereocenters. The molecule has 158 valence electrons. The molecule has 0 bridgehead atoms. The van der Waals surface area contributed by atoms with Crippen molar-refractivity contribution in [2.24, 2.45) is 0 Å². The van der Waals surface area contributed by atoms with Crippen LogP contribution in [0.25, 0.3) is 0 Å². The Labute approximate surface area is 177 Å². The van der Waals surface area contributed by atoms with Crippen LogP contribution < -0.4 is 15.5 Å². The zero-order valence-electron chi connectivity index (χ0n) is 16.5. The molecular weight excluding hydrogens is 400 g/mol. The highest BCUT2D eigenvalue weighted by atomic mass is 16.6. The first-order valence-corrected chi connectivity index (χ1v) is 9.75. The largest absolute Gasteiger partial charge is 0.467 e. The number of nitro groups is 1. The van der Waals surface area contributed by atoms with Gasteiger partial charge in [-0.15, -0.1) is 0 Å². The minimum Gasteiger partial charge on any atom is -0.467 e. The van der Waals surface area contributed by atoms with E-state index in [0.717, 1.165) is 18.7 Å². The first-order chi connectivity index (χ1) is 15.0. The molecule has 1 atom stereocenters. The Morgan fingerprint density at radius 2 is 1.84 bits per heavy atom. The second-order valence-electron chi connectivity index (χ2n) is 7.04. The van der Waals surface area contributed by atoms with Gasteiger partial charge in [0, 0.05) is 24.8 Å². The van der Waals surface area contributed by atoms with Crippen molar-refractivity contribution in [2.45, 2.75) is 12.5 Å². The van der Waals surface area contributed by atoms with Gasteiger partial charge in [0.25, 0.3) is 5.69 Å². The number of amides is 2. The zero-order valence-corrected chi connectivity index (χ0v) is 16.5. The third-order valence-electron chi connectivity index (χ3n) is 5.18. The van der Waals surface area contributed by atoms with Crippen LogP contribution in [0, 0.1) is 10.1 Å². The monoisotopic (exact) mass is 420 g/mol. The number of benzene rings is 2. The third kappa shape index (κ3) is 4.25. The molecule has 31 heavy (non-hydrogen) atoms. The van der Waals surface area contributed by atoms with Gasteiger partial charge in [0.15, 0.2) is 0 Å². The van der Waals surface area contributed by atoms with E-state index in [-0.39, 0.29) is 24.0 Å². The Morgan fingerprint density at radius 1 is 1.06 bits per heavy atom. The summed E-state index contributed by atoms with van der Waals surface area (Å²) < 4.78 is 5.59. The summed E-state index contributed by atoms with van der Waals surface area (Å²) in [5.41, 5.74) is 1.94. The molecular formula is C22H20N4O5. The molecule has 9 nitrogen and oxygen atoms in total. The molecule has 2 aromatic carbocycles. The van der Waals surface area contributed by atoms with E-state index < -0.39 is 16.7 Å². The first-order valence-electron chi connectivity index (χ1n) is 9.75. The number of carbonyl (C=O) groups excluding carboxylic acids is 2. The summed E-state index contributed by atoms with van der Waals surface area (Å²) >= 11 is 0. The number of nitro benzene ring substituents is 1. The van der Waals surface area contributed by atoms with Crippen LogP contribution in [-0.2, 0) is 16.0 Å². The van der Waals surface area contributed by atoms with Gasteiger partial charge in [-0.2, -0.15) is 0 Å². The molecule has 3 aromatic rings. The van der Waals surface area contributed by atoms with Crippen LogP contribution in [0.4, 0.5) is 17.1 Å². The number of para-hydroxylation sites is 3. The van der Waals surface area contributed by atoms with Crippen LogP contribution >= 0.6 is 0 Å². The highest BCUT2D eigenvalue weighted by molar-refractivity contribution is 6.39. The van der Waals surface area contributed by atoms with Gasteiger partial charge in [0.1, 0.15) is 17.5 Å². The lowest BCUT2D eigenvalue weighted by Crippen LogP contribution is -2.41. The number of furan rings is 1. The number of fused-ring (bicyclic) bond motifs is 1. The average Bonchev–Trinajstić information content (AvgIpc) is 3.45. The van der Waals surface area contributed by atoms with Crippen molar-refractivity contribution >= 4 is 28.9 Å². The maximum Gasteiger partial charge on any atom is 0.313 e. The van der Waals surface area contributed by atoms with E-state index in [1.807, 2.05) is 24.3 Å². The number of rotatable bonds is 6. The molecule has 9 heteroatoms. The number of hydrogen-bond acceptors (Lipinski definition) is 6. The molecule has 2 amide bonds. The first kappa shape index (κ1) is 20.1. The maximum absolute atomic E-state index is 12.4. The van der Waals surface area contributed by atoms with E-state index in [0.29, 0.717) is 5.76 Å². The molecule has 2 N–H and O–H groups in total. The zero-order chi connectivity index (χ0) is 21.8. The van der Waals surface area contributed by atoms with Gasteiger partial charge >= 0.3 is 11.8 Å². The second kappa shape index (κ2) is 8.70. The summed E-state index contributed by atoms with van der Waals surface area (Å²) in [7, 11) is 0. The fourth-order valence-corrected chi connectivity index (χ4v) is 3.72. The number of carbonyl (C=O) groups is 2. The number of nitrogens with one attached hydrogen (secondary N) is 2. The van der Waals surface area contributed by atoms with Crippen molar-refractivity contribution in [3.63, 3.8) is 0 Å². The third-order valence-corrected chi connectivity index (χ3v) is 5.18. The van der Waals surface area contributed by atoms with Crippen molar-refractivity contribution in [1.82, 2.24) is 5.32 Å². The second-order valence-corrected chi connectivity index (χ2v) is 7.04. The number of anilines is 2. The lowest BCUT2D eigenvalue weighted by Gasteiger charge is -2.29. The van der Waals surface area contributed by atoms with Crippen LogP contribution in [0.2, 0.25) is 0 Å². The summed E-state index contributed by atoms with van der Waals surface area (Å²) in [6.07, 6.45) is 2.44. The minimum atomic E-state index is -0.977. The van der Waals surface area contributed by atoms with Crippen LogP contribution in [0.1, 0.15) is 17.4 Å². The fourth-order valence-electron chi connectivity index (χ4n) is 3.72. The summed E-state index contributed by atoms with van der Waals surface area (Å²) in [5.74, 6) is -1.20. The molecule has 0 fully saturated rings. The molecule has 0 saturated carbocycles. The Bertz CT molecular complexity index is 1110. The highest BCUT2D eigenvalue weighted by Crippen LogP contribution is 2.35. The molecule has 4 rings (SSSR count). The normalized spacial score (nSPS) is 13.4. The lowest BCUT2D eigenvalue weighted by molar-refractivity contribution is -0.383. The van der Waals surface area contributed by atoms with Crippen molar-refractivity contribution in [2.75, 3.05) is 23.3 Å². The SMILES string of the molecule is O=C(NCC(c1ccco1)N1CCc2ccccc21)C(=O)Nc1ccccc1[N+](=O)[O-]. The Kier molecular flexibility index (Phi) is 5.65. The molecule has 1 aliphatic rings. The van der Waals surface area contributed by atoms with Gasteiger partial charge in [0.05, 0.1) is 11.2 Å². The molecule has 1 aromatic heterocycles. The van der Waals surface area contributed by atoms with Gasteiger partial charge < -0.3 is 20.0 Å².